The van der Waals surface area contributed by atoms with Crippen LogP contribution in [0.3, 0.4) is 0 Å². The maximum atomic E-state index is 8.52. The van der Waals surface area contributed by atoms with Gasteiger partial charge in [0.05, 0.1) is 0 Å². The third-order valence-electron chi connectivity index (χ3n) is 0. The molecule has 0 rings (SSSR count). The van der Waals surface area contributed by atoms with E-state index in [4.69, 9.17) is 14.0 Å². The van der Waals surface area contributed by atoms with Crippen molar-refractivity contribution in [2.45, 2.75) is 0 Å². The second kappa shape index (κ2) is 16.0. The first kappa shape index (κ1) is 22.5. The molecule has 0 aliphatic heterocycles. The van der Waals surface area contributed by atoms with Gasteiger partial charge in [-0.05, 0) is 0 Å². The Balaban J connectivity index is -0.00000000214. The molecule has 0 aromatic rings. The SMILES string of the molecule is Cl.[Ca+2].[Ca+2].[H-].[H-].[H-].[H-].[O-][Cl+2]([O-])O. The largest absolute Gasteiger partial charge is 2.00 e. The summed E-state index contributed by atoms with van der Waals surface area (Å²) in [7, 11) is -2.60. The molecular formula is H6Ca2Cl2O3. The van der Waals surface area contributed by atoms with E-state index in [1.54, 1.807) is 0 Å². The predicted octanol–water partition coefficient (Wildman–Crippen LogP) is -2.82. The van der Waals surface area contributed by atoms with E-state index in [1.807, 2.05) is 0 Å². The number of halogens is 2. The van der Waals surface area contributed by atoms with Crippen LogP contribution in [0.5, 0.6) is 0 Å². The van der Waals surface area contributed by atoms with Crippen molar-refractivity contribution in [2.24, 2.45) is 0 Å². The molecule has 0 aliphatic carbocycles. The maximum Gasteiger partial charge on any atom is 2.00 e. The zero-order valence-corrected chi connectivity index (χ0v) is 9.45. The van der Waals surface area contributed by atoms with Gasteiger partial charge in [0.2, 0.25) is 0 Å². The molecule has 7 heavy (non-hydrogen) atoms. The smallest absolute Gasteiger partial charge is 1.00 e. The first-order chi connectivity index (χ1) is 1.73. The Morgan fingerprint density at radius 2 is 1.29 bits per heavy atom. The minimum atomic E-state index is -2.60. The summed E-state index contributed by atoms with van der Waals surface area (Å²) >= 11 is 0. The molecule has 0 aliphatic rings. The van der Waals surface area contributed by atoms with E-state index in [1.165, 1.54) is 0 Å². The quantitative estimate of drug-likeness (QED) is 0.434. The van der Waals surface area contributed by atoms with E-state index in [0.717, 1.165) is 0 Å². The zero-order chi connectivity index (χ0) is 3.58. The van der Waals surface area contributed by atoms with E-state index < -0.39 is 10.8 Å². The van der Waals surface area contributed by atoms with Crippen LogP contribution in [0.1, 0.15) is 5.71 Å². The number of hydrogen-bond donors (Lipinski definition) is 1. The predicted molar refractivity (Wildman–Crippen MR) is 25.4 cm³/mol. The Bertz CT molecular complexity index is 26.1. The van der Waals surface area contributed by atoms with Crippen molar-refractivity contribution in [2.75, 3.05) is 0 Å². The Kier molecular flexibility index (Phi) is 51.4. The fourth-order valence-electron chi connectivity index (χ4n) is 0. The van der Waals surface area contributed by atoms with Crippen LogP contribution in [0.15, 0.2) is 0 Å². The summed E-state index contributed by atoms with van der Waals surface area (Å²) < 4.78 is 24.0. The van der Waals surface area contributed by atoms with Crippen LogP contribution in [0.25, 0.3) is 0 Å². The summed E-state index contributed by atoms with van der Waals surface area (Å²) in [5.41, 5.74) is 0. The Morgan fingerprint density at radius 3 is 1.29 bits per heavy atom. The fraction of sp³-hybridized carbons (Fsp3) is 0. The van der Waals surface area contributed by atoms with E-state index in [0.29, 0.717) is 0 Å². The average molecular weight is 205 g/mol. The second-order valence-electron chi connectivity index (χ2n) is 0.201. The minimum Gasteiger partial charge on any atom is -1.00 e. The standard InChI is InChI=1S/2Ca.ClHO3.ClH.4H/c;;2-1(3)4;;;;;/h;;2H;1H;;;;/q2*+2;;;4*-1. The van der Waals surface area contributed by atoms with Crippen LogP contribution < -0.4 is 9.32 Å². The van der Waals surface area contributed by atoms with Gasteiger partial charge in [-0.2, -0.15) is 0 Å². The van der Waals surface area contributed by atoms with Crippen LogP contribution in [0, 0.1) is 10.8 Å². The summed E-state index contributed by atoms with van der Waals surface area (Å²) in [5, 5.41) is 0. The summed E-state index contributed by atoms with van der Waals surface area (Å²) in [5.74, 6) is 0. The van der Waals surface area contributed by atoms with Crippen molar-refractivity contribution < 1.29 is 30.5 Å². The molecular weight excluding hydrogens is 199 g/mol. The molecule has 0 spiro atoms. The van der Waals surface area contributed by atoms with E-state index in [9.17, 15) is 0 Å². The summed E-state index contributed by atoms with van der Waals surface area (Å²) in [4.78, 5) is 0. The molecule has 0 fully saturated rings. The molecule has 0 unspecified atom stereocenters. The Labute approximate surface area is 116 Å². The molecule has 7 heteroatoms. The maximum absolute atomic E-state index is 8.52. The minimum absolute atomic E-state index is 0. The molecule has 0 saturated heterocycles. The molecule has 0 radical (unpaired) electrons. The van der Waals surface area contributed by atoms with Crippen molar-refractivity contribution in [3.8, 4) is 0 Å². The van der Waals surface area contributed by atoms with Gasteiger partial charge in [-0.3, -0.25) is 0 Å². The van der Waals surface area contributed by atoms with Crippen molar-refractivity contribution in [1.82, 2.24) is 0 Å². The molecule has 0 saturated carbocycles. The second-order valence-corrected chi connectivity index (χ2v) is 0.603. The van der Waals surface area contributed by atoms with Gasteiger partial charge in [-0.1, -0.05) is 0 Å². The first-order valence-electron chi connectivity index (χ1n) is 0.478. The molecule has 0 amide bonds. The molecule has 1 N–H and O–H groups in total. The molecule has 0 aromatic carbocycles. The number of hydrogen-bond acceptors (Lipinski definition) is 3. The van der Waals surface area contributed by atoms with E-state index >= 15 is 0 Å². The molecule has 0 atom stereocenters. The summed E-state index contributed by atoms with van der Waals surface area (Å²) in [6.07, 6.45) is 0. The molecule has 0 bridgehead atoms. The zero-order valence-electron chi connectivity index (χ0n) is 7.46. The van der Waals surface area contributed by atoms with Crippen LogP contribution in [0.4, 0.5) is 0 Å². The van der Waals surface area contributed by atoms with Gasteiger partial charge in [-0.25, -0.2) is 0 Å². The van der Waals surface area contributed by atoms with Crippen molar-refractivity contribution >= 4 is 87.9 Å². The molecule has 42 valence electrons. The fourth-order valence-corrected chi connectivity index (χ4v) is 0. The van der Waals surface area contributed by atoms with Gasteiger partial charge in [-0.15, -0.1) is 12.4 Å². The Morgan fingerprint density at radius 1 is 1.29 bits per heavy atom. The third-order valence-corrected chi connectivity index (χ3v) is 0. The van der Waals surface area contributed by atoms with Crippen molar-refractivity contribution in [3.05, 3.63) is 0 Å². The molecule has 3 nitrogen and oxygen atoms in total. The van der Waals surface area contributed by atoms with Gasteiger partial charge in [0.1, 0.15) is 0 Å². The van der Waals surface area contributed by atoms with E-state index in [-0.39, 0.29) is 93.6 Å². The third kappa shape index (κ3) is 49.3. The Hall–Kier alpha value is 2.98. The van der Waals surface area contributed by atoms with Crippen LogP contribution >= 0.6 is 12.4 Å². The van der Waals surface area contributed by atoms with Crippen LogP contribution in [0.2, 0.25) is 0 Å². The molecule has 0 heterocycles. The van der Waals surface area contributed by atoms with Crippen LogP contribution in [-0.4, -0.2) is 80.1 Å². The van der Waals surface area contributed by atoms with Crippen LogP contribution in [-0.2, 0) is 0 Å². The van der Waals surface area contributed by atoms with Gasteiger partial charge in [0.25, 0.3) is 10.8 Å². The van der Waals surface area contributed by atoms with Gasteiger partial charge >= 0.3 is 75.5 Å². The van der Waals surface area contributed by atoms with Crippen molar-refractivity contribution in [3.63, 3.8) is 0 Å². The molecule has 0 aromatic heterocycles. The number of rotatable bonds is 0. The summed E-state index contributed by atoms with van der Waals surface area (Å²) in [6.45, 7) is 0. The van der Waals surface area contributed by atoms with Gasteiger partial charge in [0, 0.05) is 4.66 Å². The monoisotopic (exact) mass is 204 g/mol. The summed E-state index contributed by atoms with van der Waals surface area (Å²) in [6, 6.07) is 0. The topological polar surface area (TPSA) is 66.3 Å². The van der Waals surface area contributed by atoms with E-state index in [2.05, 4.69) is 0 Å². The average Bonchev–Trinajstić information content (AvgIpc) is 0.811. The van der Waals surface area contributed by atoms with Crippen molar-refractivity contribution in [1.29, 1.82) is 0 Å². The first-order valence-corrected chi connectivity index (χ1v) is 1.43. The van der Waals surface area contributed by atoms with Gasteiger partial charge < -0.3 is 15.0 Å². The van der Waals surface area contributed by atoms with Gasteiger partial charge in [0.15, 0.2) is 0 Å². The normalized spacial score (nSPS) is 5.14.